The summed E-state index contributed by atoms with van der Waals surface area (Å²) < 4.78 is 0. The Bertz CT molecular complexity index is 380. The van der Waals surface area contributed by atoms with E-state index in [0.717, 1.165) is 31.9 Å². The molecule has 1 aromatic carbocycles. The molecule has 0 saturated carbocycles. The van der Waals surface area contributed by atoms with Gasteiger partial charge in [-0.2, -0.15) is 0 Å². The molecule has 1 aromatic rings. The Labute approximate surface area is 108 Å². The summed E-state index contributed by atoms with van der Waals surface area (Å²) in [5, 5.41) is 6.26. The van der Waals surface area contributed by atoms with Gasteiger partial charge in [0, 0.05) is 44.3 Å². The number of rotatable bonds is 4. The first-order valence-electron chi connectivity index (χ1n) is 6.55. The van der Waals surface area contributed by atoms with Crippen LogP contribution in [0, 0.1) is 0 Å². The summed E-state index contributed by atoms with van der Waals surface area (Å²) >= 11 is 0. The van der Waals surface area contributed by atoms with Crippen molar-refractivity contribution in [1.29, 1.82) is 0 Å². The molecule has 1 heterocycles. The van der Waals surface area contributed by atoms with Crippen molar-refractivity contribution in [3.63, 3.8) is 0 Å². The highest BCUT2D eigenvalue weighted by molar-refractivity contribution is 5.90. The highest BCUT2D eigenvalue weighted by Crippen LogP contribution is 2.07. The maximum atomic E-state index is 11.8. The number of nitrogens with one attached hydrogen (secondary N) is 2. The summed E-state index contributed by atoms with van der Waals surface area (Å²) in [5.41, 5.74) is 0.871. The molecule has 18 heavy (non-hydrogen) atoms. The molecule has 2 rings (SSSR count). The van der Waals surface area contributed by atoms with Crippen molar-refractivity contribution in [3.8, 4) is 0 Å². The second-order valence-corrected chi connectivity index (χ2v) is 4.75. The third-order valence-corrected chi connectivity index (χ3v) is 3.32. The Morgan fingerprint density at radius 1 is 1.44 bits per heavy atom. The molecule has 0 spiro atoms. The van der Waals surface area contributed by atoms with Crippen molar-refractivity contribution < 1.29 is 4.79 Å². The lowest BCUT2D eigenvalue weighted by atomic mass is 10.2. The summed E-state index contributed by atoms with van der Waals surface area (Å²) in [7, 11) is 0. The number of carbonyl (C=O) groups is 1. The molecule has 1 amide bonds. The minimum Gasteiger partial charge on any atom is -0.326 e. The summed E-state index contributed by atoms with van der Waals surface area (Å²) in [6.45, 7) is 6.09. The highest BCUT2D eigenvalue weighted by Gasteiger charge is 2.18. The third kappa shape index (κ3) is 3.82. The van der Waals surface area contributed by atoms with Gasteiger partial charge < -0.3 is 10.6 Å². The van der Waals surface area contributed by atoms with Crippen LogP contribution in [0.2, 0.25) is 0 Å². The molecule has 98 valence electrons. The van der Waals surface area contributed by atoms with Crippen LogP contribution >= 0.6 is 0 Å². The van der Waals surface area contributed by atoms with Gasteiger partial charge in [0.15, 0.2) is 0 Å². The predicted octanol–water partition coefficient (Wildman–Crippen LogP) is 1.31. The van der Waals surface area contributed by atoms with Crippen LogP contribution in [0.3, 0.4) is 0 Å². The van der Waals surface area contributed by atoms with Crippen LogP contribution in [-0.4, -0.2) is 43.0 Å². The van der Waals surface area contributed by atoms with E-state index in [9.17, 15) is 4.79 Å². The molecule has 0 bridgehead atoms. The SMILES string of the molecule is C[C@@H]1CNCCN1CCC(=O)Nc1ccccc1. The number of para-hydroxylation sites is 1. The Balaban J connectivity index is 1.74. The molecule has 2 N–H and O–H groups in total. The van der Waals surface area contributed by atoms with Crippen molar-refractivity contribution in [1.82, 2.24) is 10.2 Å². The molecule has 1 fully saturated rings. The number of piperazine rings is 1. The maximum Gasteiger partial charge on any atom is 0.225 e. The van der Waals surface area contributed by atoms with Gasteiger partial charge in [0.1, 0.15) is 0 Å². The summed E-state index contributed by atoms with van der Waals surface area (Å²) in [4.78, 5) is 14.2. The number of hydrogen-bond donors (Lipinski definition) is 2. The van der Waals surface area contributed by atoms with Gasteiger partial charge in [0.2, 0.25) is 5.91 Å². The molecule has 4 nitrogen and oxygen atoms in total. The molecule has 1 saturated heterocycles. The van der Waals surface area contributed by atoms with Crippen molar-refractivity contribution in [3.05, 3.63) is 30.3 Å². The largest absolute Gasteiger partial charge is 0.326 e. The van der Waals surface area contributed by atoms with E-state index >= 15 is 0 Å². The van der Waals surface area contributed by atoms with Crippen LogP contribution in [0.25, 0.3) is 0 Å². The van der Waals surface area contributed by atoms with Crippen molar-refractivity contribution in [2.75, 3.05) is 31.5 Å². The van der Waals surface area contributed by atoms with Crippen LogP contribution in [0.1, 0.15) is 13.3 Å². The second kappa shape index (κ2) is 6.52. The maximum absolute atomic E-state index is 11.8. The zero-order chi connectivity index (χ0) is 12.8. The van der Waals surface area contributed by atoms with E-state index in [0.29, 0.717) is 12.5 Å². The summed E-state index contributed by atoms with van der Waals surface area (Å²) in [6, 6.07) is 10.1. The van der Waals surface area contributed by atoms with Crippen molar-refractivity contribution in [2.24, 2.45) is 0 Å². The van der Waals surface area contributed by atoms with Crippen LogP contribution in [-0.2, 0) is 4.79 Å². The van der Waals surface area contributed by atoms with Crippen molar-refractivity contribution >= 4 is 11.6 Å². The lowest BCUT2D eigenvalue weighted by molar-refractivity contribution is -0.116. The highest BCUT2D eigenvalue weighted by atomic mass is 16.1. The average Bonchev–Trinajstić information content (AvgIpc) is 2.39. The van der Waals surface area contributed by atoms with Gasteiger partial charge in [-0.15, -0.1) is 0 Å². The monoisotopic (exact) mass is 247 g/mol. The fourth-order valence-corrected chi connectivity index (χ4v) is 2.21. The van der Waals surface area contributed by atoms with Crippen LogP contribution in [0.5, 0.6) is 0 Å². The van der Waals surface area contributed by atoms with Crippen LogP contribution in [0.15, 0.2) is 30.3 Å². The van der Waals surface area contributed by atoms with Gasteiger partial charge in [-0.1, -0.05) is 18.2 Å². The average molecular weight is 247 g/mol. The predicted molar refractivity (Wildman–Crippen MR) is 73.6 cm³/mol. The number of amides is 1. The van der Waals surface area contributed by atoms with Gasteiger partial charge >= 0.3 is 0 Å². The standard InChI is InChI=1S/C14H21N3O/c1-12-11-15-8-10-17(12)9-7-14(18)16-13-5-3-2-4-6-13/h2-6,12,15H,7-11H2,1H3,(H,16,18)/t12-/m1/s1. The zero-order valence-electron chi connectivity index (χ0n) is 10.9. The lowest BCUT2D eigenvalue weighted by Gasteiger charge is -2.33. The Morgan fingerprint density at radius 2 is 2.22 bits per heavy atom. The normalized spacial score (nSPS) is 20.6. The molecule has 1 aliphatic heterocycles. The van der Waals surface area contributed by atoms with Gasteiger partial charge in [0.25, 0.3) is 0 Å². The molecule has 0 aromatic heterocycles. The molecule has 0 aliphatic carbocycles. The number of anilines is 1. The van der Waals surface area contributed by atoms with E-state index in [-0.39, 0.29) is 5.91 Å². The van der Waals surface area contributed by atoms with E-state index in [1.807, 2.05) is 30.3 Å². The number of hydrogen-bond acceptors (Lipinski definition) is 3. The number of nitrogens with zero attached hydrogens (tertiary/aromatic N) is 1. The Hall–Kier alpha value is -1.39. The first-order chi connectivity index (χ1) is 8.75. The first kappa shape index (κ1) is 13.1. The van der Waals surface area contributed by atoms with Gasteiger partial charge in [-0.05, 0) is 19.1 Å². The van der Waals surface area contributed by atoms with E-state index in [4.69, 9.17) is 0 Å². The van der Waals surface area contributed by atoms with E-state index in [2.05, 4.69) is 22.5 Å². The second-order valence-electron chi connectivity index (χ2n) is 4.75. The lowest BCUT2D eigenvalue weighted by Crippen LogP contribution is -2.50. The van der Waals surface area contributed by atoms with E-state index in [1.165, 1.54) is 0 Å². The molecule has 1 atom stereocenters. The molecule has 1 aliphatic rings. The number of benzene rings is 1. The van der Waals surface area contributed by atoms with Crippen LogP contribution in [0.4, 0.5) is 5.69 Å². The molecule has 0 unspecified atom stereocenters. The molecular weight excluding hydrogens is 226 g/mol. The Kier molecular flexibility index (Phi) is 4.73. The smallest absolute Gasteiger partial charge is 0.225 e. The Morgan fingerprint density at radius 3 is 2.94 bits per heavy atom. The fourth-order valence-electron chi connectivity index (χ4n) is 2.21. The molecule has 0 radical (unpaired) electrons. The summed E-state index contributed by atoms with van der Waals surface area (Å²) in [5.74, 6) is 0.0898. The molecular formula is C14H21N3O. The van der Waals surface area contributed by atoms with Gasteiger partial charge in [0.05, 0.1) is 0 Å². The van der Waals surface area contributed by atoms with Crippen LogP contribution < -0.4 is 10.6 Å². The first-order valence-corrected chi connectivity index (χ1v) is 6.55. The summed E-state index contributed by atoms with van der Waals surface area (Å²) in [6.07, 6.45) is 0.555. The van der Waals surface area contributed by atoms with Gasteiger partial charge in [-0.25, -0.2) is 0 Å². The zero-order valence-corrected chi connectivity index (χ0v) is 10.9. The topological polar surface area (TPSA) is 44.4 Å². The fraction of sp³-hybridized carbons (Fsp3) is 0.500. The minimum atomic E-state index is 0.0898. The molecule has 4 heteroatoms. The van der Waals surface area contributed by atoms with E-state index in [1.54, 1.807) is 0 Å². The van der Waals surface area contributed by atoms with Gasteiger partial charge in [-0.3, -0.25) is 9.69 Å². The third-order valence-electron chi connectivity index (χ3n) is 3.32. The quantitative estimate of drug-likeness (QED) is 0.843. The number of carbonyl (C=O) groups excluding carboxylic acids is 1. The minimum absolute atomic E-state index is 0.0898. The van der Waals surface area contributed by atoms with Crippen molar-refractivity contribution in [2.45, 2.75) is 19.4 Å². The van der Waals surface area contributed by atoms with E-state index < -0.39 is 0 Å².